The van der Waals surface area contributed by atoms with Gasteiger partial charge in [-0.3, -0.25) is 0 Å². The van der Waals surface area contributed by atoms with Crippen LogP contribution in [-0.4, -0.2) is 4.57 Å². The first-order valence-electron chi connectivity index (χ1n) is 24.4. The Bertz CT molecular complexity index is 3980. The summed E-state index contributed by atoms with van der Waals surface area (Å²) < 4.78 is 2.44. The lowest BCUT2D eigenvalue weighted by Crippen LogP contribution is -2.44. The monoisotopic (exact) mass is 888 g/mol. The van der Waals surface area contributed by atoms with Crippen LogP contribution in [0.1, 0.15) is 44.5 Å². The van der Waals surface area contributed by atoms with Crippen LogP contribution in [0.25, 0.3) is 60.9 Å². The fraction of sp³-hybridized carbons (Fsp3) is 0.0294. The van der Waals surface area contributed by atoms with Gasteiger partial charge in [0.1, 0.15) is 0 Å². The average molecular weight is 889 g/mol. The van der Waals surface area contributed by atoms with E-state index in [4.69, 9.17) is 0 Å². The van der Waals surface area contributed by atoms with Crippen molar-refractivity contribution in [3.8, 4) is 39.1 Å². The number of hydrogen-bond acceptors (Lipinski definition) is 1. The summed E-state index contributed by atoms with van der Waals surface area (Å²) in [4.78, 5) is 2.57. The summed E-state index contributed by atoms with van der Waals surface area (Å²) in [5.41, 5.74) is 23.6. The first-order chi connectivity index (χ1) is 34.8. The molecule has 326 valence electrons. The van der Waals surface area contributed by atoms with E-state index in [2.05, 4.69) is 276 Å². The van der Waals surface area contributed by atoms with Crippen LogP contribution in [0.15, 0.2) is 267 Å². The van der Waals surface area contributed by atoms with Gasteiger partial charge in [0.05, 0.1) is 27.6 Å². The van der Waals surface area contributed by atoms with Crippen molar-refractivity contribution in [3.05, 3.63) is 311 Å². The summed E-state index contributed by atoms with van der Waals surface area (Å²) in [6, 6.07) is 100. The second kappa shape index (κ2) is 14.8. The lowest BCUT2D eigenvalue weighted by molar-refractivity contribution is 0.633. The van der Waals surface area contributed by atoms with E-state index in [1.807, 2.05) is 0 Å². The Kier molecular flexibility index (Phi) is 8.24. The summed E-state index contributed by atoms with van der Waals surface area (Å²) in [6.45, 7) is 0. The molecule has 0 amide bonds. The van der Waals surface area contributed by atoms with Gasteiger partial charge in [0, 0.05) is 33.4 Å². The number of aromatic nitrogens is 1. The van der Waals surface area contributed by atoms with Crippen molar-refractivity contribution in [1.29, 1.82) is 0 Å². The van der Waals surface area contributed by atoms with E-state index in [0.29, 0.717) is 0 Å². The molecule has 2 spiro atoms. The number of benzene rings is 11. The predicted molar refractivity (Wildman–Crippen MR) is 289 cm³/mol. The van der Waals surface area contributed by atoms with Gasteiger partial charge in [0.15, 0.2) is 0 Å². The number of fused-ring (bicyclic) bond motifs is 19. The van der Waals surface area contributed by atoms with Crippen LogP contribution >= 0.6 is 0 Å². The van der Waals surface area contributed by atoms with Crippen LogP contribution in [0.2, 0.25) is 0 Å². The van der Waals surface area contributed by atoms with Crippen molar-refractivity contribution in [2.24, 2.45) is 0 Å². The molecule has 2 heteroatoms. The summed E-state index contributed by atoms with van der Waals surface area (Å²) in [5.74, 6) is 0. The van der Waals surface area contributed by atoms with Gasteiger partial charge in [-0.1, -0.05) is 218 Å². The highest BCUT2D eigenvalue weighted by Gasteiger charge is 2.60. The fourth-order valence-electron chi connectivity index (χ4n) is 13.3. The predicted octanol–water partition coefficient (Wildman–Crippen LogP) is 17.0. The quantitative estimate of drug-likeness (QED) is 0.167. The molecule has 1 aromatic heterocycles. The molecule has 15 rings (SSSR count). The normalized spacial score (nSPS) is 13.9. The molecule has 0 fully saturated rings. The first kappa shape index (κ1) is 39.1. The van der Waals surface area contributed by atoms with E-state index >= 15 is 0 Å². The molecule has 1 heterocycles. The van der Waals surface area contributed by atoms with Crippen LogP contribution in [0.5, 0.6) is 0 Å². The molecule has 3 aliphatic carbocycles. The average Bonchev–Trinajstić information content (AvgIpc) is 4.04. The van der Waals surface area contributed by atoms with Crippen molar-refractivity contribution in [2.75, 3.05) is 4.90 Å². The second-order valence-corrected chi connectivity index (χ2v) is 19.1. The zero-order chi connectivity index (χ0) is 46.0. The molecule has 0 aliphatic heterocycles. The fourth-order valence-corrected chi connectivity index (χ4v) is 13.3. The van der Waals surface area contributed by atoms with Crippen LogP contribution in [0.3, 0.4) is 0 Å². The molecule has 0 atom stereocenters. The molecular formula is C68H44N2. The maximum Gasteiger partial charge on any atom is 0.0740 e. The summed E-state index contributed by atoms with van der Waals surface area (Å²) >= 11 is 0. The molecule has 0 N–H and O–H groups in total. The standard InChI is InChI=1S/C68H44N2/c1-3-20-45(21-4-1)46-38-40-48(41-39-46)69(49-42-43-55-54-28-11-18-36-63(54)70(65(55)44-49)47-22-5-2-6-23-47)64-37-19-35-62-66(64)68(58-31-14-9-26-52(58)53-27-10-15-32-59(53)68)61-34-17-16-33-60(61)67(62)56-29-12-7-24-50(56)51-25-8-13-30-57(51)67/h1-44H. The van der Waals surface area contributed by atoms with Gasteiger partial charge in [-0.05, 0) is 121 Å². The summed E-state index contributed by atoms with van der Waals surface area (Å²) in [7, 11) is 0. The molecule has 3 aliphatic rings. The third kappa shape index (κ3) is 5.07. The Morgan fingerprint density at radius 2 is 0.729 bits per heavy atom. The lowest BCUT2D eigenvalue weighted by Gasteiger charge is -2.50. The molecule has 70 heavy (non-hydrogen) atoms. The first-order valence-corrected chi connectivity index (χ1v) is 24.4. The van der Waals surface area contributed by atoms with Gasteiger partial charge in [0.25, 0.3) is 0 Å². The van der Waals surface area contributed by atoms with Crippen LogP contribution in [-0.2, 0) is 10.8 Å². The highest BCUT2D eigenvalue weighted by Crippen LogP contribution is 2.69. The third-order valence-corrected chi connectivity index (χ3v) is 15.9. The van der Waals surface area contributed by atoms with E-state index in [1.165, 1.54) is 94.2 Å². The molecule has 0 saturated heterocycles. The topological polar surface area (TPSA) is 8.17 Å². The Labute approximate surface area is 407 Å². The van der Waals surface area contributed by atoms with Crippen molar-refractivity contribution >= 4 is 38.9 Å². The Balaban J connectivity index is 1.11. The minimum absolute atomic E-state index is 0.612. The second-order valence-electron chi connectivity index (χ2n) is 19.1. The van der Waals surface area contributed by atoms with E-state index < -0.39 is 10.8 Å². The SMILES string of the molecule is c1ccc(-c2ccc(N(c3ccc4c5ccccc5n(-c5ccccc5)c4c3)c3cccc4c3C3(c5ccccc5-c5ccccc53)c3ccccc3C43c4ccccc4-c4ccccc43)cc2)cc1. The Hall–Kier alpha value is -8.98. The lowest BCUT2D eigenvalue weighted by atomic mass is 9.52. The Morgan fingerprint density at radius 1 is 0.286 bits per heavy atom. The van der Waals surface area contributed by atoms with Crippen LogP contribution < -0.4 is 4.90 Å². The van der Waals surface area contributed by atoms with Gasteiger partial charge in [-0.25, -0.2) is 0 Å². The van der Waals surface area contributed by atoms with Gasteiger partial charge < -0.3 is 9.47 Å². The van der Waals surface area contributed by atoms with Crippen LogP contribution in [0, 0.1) is 0 Å². The zero-order valence-corrected chi connectivity index (χ0v) is 38.3. The van der Waals surface area contributed by atoms with Crippen molar-refractivity contribution in [1.82, 2.24) is 4.57 Å². The number of para-hydroxylation sites is 2. The highest BCUT2D eigenvalue weighted by atomic mass is 15.1. The summed E-state index contributed by atoms with van der Waals surface area (Å²) in [5, 5.41) is 2.46. The highest BCUT2D eigenvalue weighted by molar-refractivity contribution is 6.10. The van der Waals surface area contributed by atoms with Crippen molar-refractivity contribution in [2.45, 2.75) is 10.8 Å². The molecule has 0 bridgehead atoms. The van der Waals surface area contributed by atoms with Gasteiger partial charge in [0.2, 0.25) is 0 Å². The molecular weight excluding hydrogens is 845 g/mol. The third-order valence-electron chi connectivity index (χ3n) is 15.9. The molecule has 12 aromatic rings. The van der Waals surface area contributed by atoms with E-state index in [9.17, 15) is 0 Å². The maximum atomic E-state index is 2.57. The van der Waals surface area contributed by atoms with Crippen molar-refractivity contribution in [3.63, 3.8) is 0 Å². The van der Waals surface area contributed by atoms with Gasteiger partial charge in [-0.15, -0.1) is 0 Å². The number of anilines is 3. The largest absolute Gasteiger partial charge is 0.310 e. The van der Waals surface area contributed by atoms with E-state index in [-0.39, 0.29) is 0 Å². The molecule has 2 nitrogen and oxygen atoms in total. The molecule has 0 saturated carbocycles. The zero-order valence-electron chi connectivity index (χ0n) is 38.3. The smallest absolute Gasteiger partial charge is 0.0740 e. The minimum atomic E-state index is -0.682. The summed E-state index contributed by atoms with van der Waals surface area (Å²) in [6.07, 6.45) is 0. The maximum absolute atomic E-state index is 2.57. The molecule has 0 radical (unpaired) electrons. The number of nitrogens with zero attached hydrogens (tertiary/aromatic N) is 2. The van der Waals surface area contributed by atoms with E-state index in [1.54, 1.807) is 0 Å². The van der Waals surface area contributed by atoms with E-state index in [0.717, 1.165) is 28.3 Å². The minimum Gasteiger partial charge on any atom is -0.310 e. The van der Waals surface area contributed by atoms with Crippen LogP contribution in [0.4, 0.5) is 17.1 Å². The molecule has 0 unspecified atom stereocenters. The number of hydrogen-bond donors (Lipinski definition) is 0. The molecule has 11 aromatic carbocycles. The van der Waals surface area contributed by atoms with Crippen molar-refractivity contribution < 1.29 is 0 Å². The Morgan fingerprint density at radius 3 is 1.34 bits per heavy atom. The number of rotatable bonds is 5. The van der Waals surface area contributed by atoms with Gasteiger partial charge >= 0.3 is 0 Å². The van der Waals surface area contributed by atoms with Gasteiger partial charge in [-0.2, -0.15) is 0 Å².